The molecule has 0 radical (unpaired) electrons. The van der Waals surface area contributed by atoms with Crippen molar-refractivity contribution in [2.75, 3.05) is 6.54 Å². The lowest BCUT2D eigenvalue weighted by molar-refractivity contribution is -0.145. The molecule has 1 saturated heterocycles. The molecule has 16 heavy (non-hydrogen) atoms. The summed E-state index contributed by atoms with van der Waals surface area (Å²) in [5.74, 6) is 0.749. The minimum atomic E-state index is -0.274. The first kappa shape index (κ1) is 11.4. The van der Waals surface area contributed by atoms with Crippen LogP contribution in [0.25, 0.3) is 0 Å². The van der Waals surface area contributed by atoms with Gasteiger partial charge in [0.05, 0.1) is 6.54 Å². The fraction of sp³-hybridized carbons (Fsp3) is 0.833. The van der Waals surface area contributed by atoms with Crippen LogP contribution in [-0.2, 0) is 9.59 Å². The first-order chi connectivity index (χ1) is 7.67. The van der Waals surface area contributed by atoms with Crippen LogP contribution < -0.4 is 5.32 Å². The summed E-state index contributed by atoms with van der Waals surface area (Å²) in [6.45, 7) is 4.44. The average molecular weight is 224 g/mol. The molecule has 2 fully saturated rings. The summed E-state index contributed by atoms with van der Waals surface area (Å²) in [5.41, 5.74) is 0. The first-order valence-corrected chi connectivity index (χ1v) is 6.27. The van der Waals surface area contributed by atoms with Gasteiger partial charge in [0.15, 0.2) is 0 Å². The van der Waals surface area contributed by atoms with Gasteiger partial charge in [-0.15, -0.1) is 0 Å². The molecule has 1 heterocycles. The Morgan fingerprint density at radius 3 is 2.69 bits per heavy atom. The molecule has 1 aliphatic carbocycles. The van der Waals surface area contributed by atoms with E-state index in [1.54, 1.807) is 4.90 Å². The summed E-state index contributed by atoms with van der Waals surface area (Å²) in [4.78, 5) is 25.4. The third kappa shape index (κ3) is 2.06. The molecule has 1 aliphatic heterocycles. The van der Waals surface area contributed by atoms with Crippen LogP contribution in [0.5, 0.6) is 0 Å². The standard InChI is InChI=1S/C12H20N2O2/c1-3-5-9-12(16)14(7-11(15)13-9)10-6-8(10)4-2/h8-10H,3-7H2,1-2H3,(H,13,15). The number of hydrogen-bond donors (Lipinski definition) is 1. The van der Waals surface area contributed by atoms with Crippen molar-refractivity contribution in [1.82, 2.24) is 10.2 Å². The lowest BCUT2D eigenvalue weighted by Crippen LogP contribution is -2.58. The molecule has 1 saturated carbocycles. The maximum Gasteiger partial charge on any atom is 0.245 e. The molecule has 0 aromatic carbocycles. The van der Waals surface area contributed by atoms with E-state index < -0.39 is 0 Å². The average Bonchev–Trinajstić information content (AvgIpc) is 3.02. The van der Waals surface area contributed by atoms with Crippen LogP contribution in [0.3, 0.4) is 0 Å². The van der Waals surface area contributed by atoms with Gasteiger partial charge in [0.1, 0.15) is 6.04 Å². The van der Waals surface area contributed by atoms with E-state index in [-0.39, 0.29) is 24.4 Å². The fourth-order valence-corrected chi connectivity index (χ4v) is 2.55. The van der Waals surface area contributed by atoms with Crippen molar-refractivity contribution in [2.24, 2.45) is 5.92 Å². The predicted octanol–water partition coefficient (Wildman–Crippen LogP) is 0.912. The molecule has 4 nitrogen and oxygen atoms in total. The quantitative estimate of drug-likeness (QED) is 0.771. The SMILES string of the molecule is CCCC1NC(=O)CN(C2CC2CC)C1=O. The van der Waals surface area contributed by atoms with Gasteiger partial charge in [0, 0.05) is 6.04 Å². The monoisotopic (exact) mass is 224 g/mol. The Balaban J connectivity index is 2.01. The van der Waals surface area contributed by atoms with Crippen LogP contribution in [0.15, 0.2) is 0 Å². The highest BCUT2D eigenvalue weighted by Gasteiger charge is 2.46. The van der Waals surface area contributed by atoms with Gasteiger partial charge in [0.2, 0.25) is 11.8 Å². The summed E-state index contributed by atoms with van der Waals surface area (Å²) in [7, 11) is 0. The Morgan fingerprint density at radius 2 is 2.12 bits per heavy atom. The lowest BCUT2D eigenvalue weighted by Gasteiger charge is -2.33. The normalized spacial score (nSPS) is 33.9. The Hall–Kier alpha value is -1.06. The number of hydrogen-bond acceptors (Lipinski definition) is 2. The molecule has 0 aromatic rings. The zero-order chi connectivity index (χ0) is 11.7. The van der Waals surface area contributed by atoms with Crippen LogP contribution in [0.4, 0.5) is 0 Å². The Bertz CT molecular complexity index is 303. The minimum Gasteiger partial charge on any atom is -0.343 e. The summed E-state index contributed by atoms with van der Waals surface area (Å²) < 4.78 is 0. The molecular weight excluding hydrogens is 204 g/mol. The van der Waals surface area contributed by atoms with Crippen molar-refractivity contribution in [3.63, 3.8) is 0 Å². The fourth-order valence-electron chi connectivity index (χ4n) is 2.55. The van der Waals surface area contributed by atoms with E-state index in [2.05, 4.69) is 12.2 Å². The van der Waals surface area contributed by atoms with Crippen molar-refractivity contribution < 1.29 is 9.59 Å². The van der Waals surface area contributed by atoms with E-state index in [9.17, 15) is 9.59 Å². The van der Waals surface area contributed by atoms with Crippen molar-refractivity contribution in [3.05, 3.63) is 0 Å². The maximum absolute atomic E-state index is 12.1. The smallest absolute Gasteiger partial charge is 0.245 e. The molecular formula is C12H20N2O2. The van der Waals surface area contributed by atoms with Gasteiger partial charge >= 0.3 is 0 Å². The van der Waals surface area contributed by atoms with Crippen LogP contribution >= 0.6 is 0 Å². The highest BCUT2D eigenvalue weighted by Crippen LogP contribution is 2.39. The van der Waals surface area contributed by atoms with E-state index in [1.165, 1.54) is 0 Å². The van der Waals surface area contributed by atoms with Gasteiger partial charge in [-0.25, -0.2) is 0 Å². The van der Waals surface area contributed by atoms with Gasteiger partial charge in [-0.1, -0.05) is 26.7 Å². The molecule has 0 spiro atoms. The molecule has 3 unspecified atom stereocenters. The van der Waals surface area contributed by atoms with E-state index in [1.807, 2.05) is 6.92 Å². The third-order valence-corrected chi connectivity index (χ3v) is 3.62. The molecule has 0 bridgehead atoms. The van der Waals surface area contributed by atoms with Crippen LogP contribution in [0.1, 0.15) is 39.5 Å². The Kier molecular flexibility index (Phi) is 3.17. The molecule has 4 heteroatoms. The number of carbonyl (C=O) groups excluding carboxylic acids is 2. The van der Waals surface area contributed by atoms with Gasteiger partial charge in [0.25, 0.3) is 0 Å². The van der Waals surface area contributed by atoms with Crippen molar-refractivity contribution in [3.8, 4) is 0 Å². The van der Waals surface area contributed by atoms with Crippen LogP contribution in [-0.4, -0.2) is 35.3 Å². The van der Waals surface area contributed by atoms with E-state index in [0.29, 0.717) is 12.0 Å². The molecule has 3 atom stereocenters. The number of piperazine rings is 1. The Morgan fingerprint density at radius 1 is 1.38 bits per heavy atom. The first-order valence-electron chi connectivity index (χ1n) is 6.27. The molecule has 2 rings (SSSR count). The summed E-state index contributed by atoms with van der Waals surface area (Å²) in [6, 6.07) is 0.0623. The highest BCUT2D eigenvalue weighted by molar-refractivity contribution is 5.95. The number of nitrogens with zero attached hydrogens (tertiary/aromatic N) is 1. The number of rotatable bonds is 4. The van der Waals surface area contributed by atoms with Crippen molar-refractivity contribution in [1.29, 1.82) is 0 Å². The number of nitrogens with one attached hydrogen (secondary N) is 1. The third-order valence-electron chi connectivity index (χ3n) is 3.62. The maximum atomic E-state index is 12.1. The predicted molar refractivity (Wildman–Crippen MR) is 60.7 cm³/mol. The molecule has 2 amide bonds. The van der Waals surface area contributed by atoms with Gasteiger partial charge in [-0.3, -0.25) is 9.59 Å². The summed E-state index contributed by atoms with van der Waals surface area (Å²) >= 11 is 0. The van der Waals surface area contributed by atoms with Crippen molar-refractivity contribution in [2.45, 2.75) is 51.6 Å². The number of amides is 2. The van der Waals surface area contributed by atoms with E-state index >= 15 is 0 Å². The molecule has 1 N–H and O–H groups in total. The topological polar surface area (TPSA) is 49.4 Å². The second-order valence-corrected chi connectivity index (χ2v) is 4.85. The van der Waals surface area contributed by atoms with Crippen molar-refractivity contribution >= 4 is 11.8 Å². The van der Waals surface area contributed by atoms with Crippen LogP contribution in [0.2, 0.25) is 0 Å². The van der Waals surface area contributed by atoms with Gasteiger partial charge < -0.3 is 10.2 Å². The molecule has 90 valence electrons. The summed E-state index contributed by atoms with van der Waals surface area (Å²) in [5, 5.41) is 2.78. The lowest BCUT2D eigenvalue weighted by atomic mass is 10.1. The Labute approximate surface area is 96.4 Å². The second-order valence-electron chi connectivity index (χ2n) is 4.85. The van der Waals surface area contributed by atoms with Gasteiger partial charge in [-0.05, 0) is 18.8 Å². The number of carbonyl (C=O) groups is 2. The second kappa shape index (κ2) is 4.44. The van der Waals surface area contributed by atoms with E-state index in [4.69, 9.17) is 0 Å². The zero-order valence-electron chi connectivity index (χ0n) is 10.0. The largest absolute Gasteiger partial charge is 0.343 e. The molecule has 0 aromatic heterocycles. The van der Waals surface area contributed by atoms with Gasteiger partial charge in [-0.2, -0.15) is 0 Å². The van der Waals surface area contributed by atoms with E-state index in [0.717, 1.165) is 25.7 Å². The molecule has 2 aliphatic rings. The van der Waals surface area contributed by atoms with Crippen LogP contribution in [0, 0.1) is 5.92 Å². The summed E-state index contributed by atoms with van der Waals surface area (Å²) in [6.07, 6.45) is 3.86. The highest BCUT2D eigenvalue weighted by atomic mass is 16.2. The minimum absolute atomic E-state index is 0.000182. The zero-order valence-corrected chi connectivity index (χ0v) is 10.0.